The number of hydrogen-bond acceptors (Lipinski definition) is 3. The minimum atomic E-state index is 0.698. The van der Waals surface area contributed by atoms with E-state index in [-0.39, 0.29) is 0 Å². The predicted octanol–water partition coefficient (Wildman–Crippen LogP) is 3.12. The largest absolute Gasteiger partial charge is 0.384 e. The Labute approximate surface area is 108 Å². The maximum Gasteiger partial charge on any atom is 0.137 e. The molecule has 1 unspecified atom stereocenters. The Morgan fingerprint density at radius 1 is 1.39 bits per heavy atom. The number of imidazole rings is 1. The van der Waals surface area contributed by atoms with Crippen LogP contribution in [0.5, 0.6) is 0 Å². The number of nitrogens with zero attached hydrogens (tertiary/aromatic N) is 3. The van der Waals surface area contributed by atoms with E-state index in [0.29, 0.717) is 5.92 Å². The van der Waals surface area contributed by atoms with Crippen LogP contribution in [-0.2, 0) is 0 Å². The average molecular weight is 244 g/mol. The van der Waals surface area contributed by atoms with Gasteiger partial charge in [0.25, 0.3) is 0 Å². The van der Waals surface area contributed by atoms with Crippen molar-refractivity contribution in [3.63, 3.8) is 0 Å². The predicted molar refractivity (Wildman–Crippen MR) is 73.9 cm³/mol. The molecule has 0 amide bonds. The molecule has 18 heavy (non-hydrogen) atoms. The summed E-state index contributed by atoms with van der Waals surface area (Å²) < 4.78 is 1.89. The summed E-state index contributed by atoms with van der Waals surface area (Å²) in [5.41, 5.74) is 1.07. The van der Waals surface area contributed by atoms with Gasteiger partial charge in [0.1, 0.15) is 12.1 Å². The molecule has 4 nitrogen and oxygen atoms in total. The zero-order chi connectivity index (χ0) is 12.8. The van der Waals surface area contributed by atoms with Crippen LogP contribution in [0.3, 0.4) is 0 Å². The topological polar surface area (TPSA) is 42.7 Å². The van der Waals surface area contributed by atoms with Crippen LogP contribution >= 0.6 is 0 Å². The third kappa shape index (κ3) is 3.32. The Bertz CT molecular complexity index is 447. The molecule has 0 spiro atoms. The van der Waals surface area contributed by atoms with Gasteiger partial charge < -0.3 is 5.32 Å². The highest BCUT2D eigenvalue weighted by molar-refractivity contribution is 5.43. The van der Waals surface area contributed by atoms with Gasteiger partial charge in [-0.1, -0.05) is 20.3 Å². The zero-order valence-corrected chi connectivity index (χ0v) is 11.0. The summed E-state index contributed by atoms with van der Waals surface area (Å²) in [6.45, 7) is 5.49. The van der Waals surface area contributed by atoms with Gasteiger partial charge in [-0.15, -0.1) is 0 Å². The van der Waals surface area contributed by atoms with Crippen molar-refractivity contribution in [3.8, 4) is 5.82 Å². The Balaban J connectivity index is 1.92. The molecule has 4 heteroatoms. The van der Waals surface area contributed by atoms with Gasteiger partial charge in [0.15, 0.2) is 0 Å². The first-order valence-electron chi connectivity index (χ1n) is 6.48. The van der Waals surface area contributed by atoms with Gasteiger partial charge in [0.2, 0.25) is 0 Å². The fraction of sp³-hybridized carbons (Fsp3) is 0.429. The molecule has 0 saturated heterocycles. The molecule has 0 fully saturated rings. The summed E-state index contributed by atoms with van der Waals surface area (Å²) in [6.07, 6.45) is 9.75. The third-order valence-corrected chi connectivity index (χ3v) is 2.95. The van der Waals surface area contributed by atoms with Gasteiger partial charge in [-0.2, -0.15) is 0 Å². The van der Waals surface area contributed by atoms with Crippen molar-refractivity contribution in [1.29, 1.82) is 0 Å². The molecule has 2 heterocycles. The van der Waals surface area contributed by atoms with Crippen LogP contribution in [0, 0.1) is 5.92 Å². The van der Waals surface area contributed by atoms with Crippen LogP contribution in [-0.4, -0.2) is 21.1 Å². The summed E-state index contributed by atoms with van der Waals surface area (Å²) in [7, 11) is 0. The second-order valence-electron chi connectivity index (χ2n) is 4.65. The smallest absolute Gasteiger partial charge is 0.137 e. The Morgan fingerprint density at radius 3 is 2.89 bits per heavy atom. The van der Waals surface area contributed by atoms with E-state index in [0.717, 1.165) is 18.1 Å². The van der Waals surface area contributed by atoms with Crippen molar-refractivity contribution < 1.29 is 0 Å². The monoisotopic (exact) mass is 244 g/mol. The van der Waals surface area contributed by atoms with Gasteiger partial charge in [0.05, 0.1) is 11.9 Å². The quantitative estimate of drug-likeness (QED) is 0.849. The molecule has 0 aromatic carbocycles. The average Bonchev–Trinajstić information content (AvgIpc) is 2.91. The lowest BCUT2D eigenvalue weighted by atomic mass is 10.1. The van der Waals surface area contributed by atoms with Gasteiger partial charge in [-0.05, 0) is 24.5 Å². The highest BCUT2D eigenvalue weighted by Gasteiger charge is 2.01. The molecule has 2 aromatic heterocycles. The van der Waals surface area contributed by atoms with Crippen LogP contribution < -0.4 is 5.32 Å². The van der Waals surface area contributed by atoms with Crippen LogP contribution in [0.1, 0.15) is 26.7 Å². The zero-order valence-electron chi connectivity index (χ0n) is 11.0. The summed E-state index contributed by atoms with van der Waals surface area (Å²) in [6, 6.07) is 4.05. The second kappa shape index (κ2) is 6.19. The summed E-state index contributed by atoms with van der Waals surface area (Å²) >= 11 is 0. The van der Waals surface area contributed by atoms with E-state index in [2.05, 4.69) is 35.2 Å². The maximum atomic E-state index is 4.41. The van der Waals surface area contributed by atoms with Crippen molar-refractivity contribution in [2.75, 3.05) is 11.9 Å². The first-order valence-corrected chi connectivity index (χ1v) is 6.48. The van der Waals surface area contributed by atoms with Crippen LogP contribution in [0.25, 0.3) is 5.82 Å². The molecule has 0 aliphatic rings. The maximum absolute atomic E-state index is 4.41. The molecule has 0 radical (unpaired) electrons. The number of aromatic nitrogens is 3. The van der Waals surface area contributed by atoms with E-state index in [1.54, 1.807) is 12.5 Å². The Kier molecular flexibility index (Phi) is 4.34. The lowest BCUT2D eigenvalue weighted by molar-refractivity contribution is 0.550. The molecular formula is C14H20N4. The number of anilines is 1. The highest BCUT2D eigenvalue weighted by atomic mass is 15.1. The first-order chi connectivity index (χ1) is 8.79. The van der Waals surface area contributed by atoms with E-state index >= 15 is 0 Å². The van der Waals surface area contributed by atoms with E-state index in [9.17, 15) is 0 Å². The number of pyridine rings is 1. The lowest BCUT2D eigenvalue weighted by Gasteiger charge is -2.12. The van der Waals surface area contributed by atoms with Crippen LogP contribution in [0.4, 0.5) is 5.69 Å². The van der Waals surface area contributed by atoms with Gasteiger partial charge in [-0.25, -0.2) is 9.97 Å². The molecule has 0 aliphatic heterocycles. The molecule has 0 saturated carbocycles. The van der Waals surface area contributed by atoms with E-state index in [1.807, 2.05) is 23.0 Å². The highest BCUT2D eigenvalue weighted by Crippen LogP contribution is 2.11. The van der Waals surface area contributed by atoms with Gasteiger partial charge in [0, 0.05) is 18.9 Å². The summed E-state index contributed by atoms with van der Waals surface area (Å²) in [5.74, 6) is 1.59. The summed E-state index contributed by atoms with van der Waals surface area (Å²) in [4.78, 5) is 8.41. The van der Waals surface area contributed by atoms with Crippen molar-refractivity contribution >= 4 is 5.69 Å². The Hall–Kier alpha value is -1.84. The molecule has 0 aliphatic carbocycles. The van der Waals surface area contributed by atoms with Crippen molar-refractivity contribution in [2.24, 2.45) is 5.92 Å². The number of rotatable bonds is 6. The molecule has 0 bridgehead atoms. The minimum absolute atomic E-state index is 0.698. The van der Waals surface area contributed by atoms with Crippen molar-refractivity contribution in [1.82, 2.24) is 14.5 Å². The van der Waals surface area contributed by atoms with E-state index in [1.165, 1.54) is 12.8 Å². The first kappa shape index (κ1) is 12.6. The van der Waals surface area contributed by atoms with Crippen LogP contribution in [0.2, 0.25) is 0 Å². The SMILES string of the molecule is CCCC(C)CNc1ccc(-n2ccnc2)nc1. The molecule has 1 atom stereocenters. The van der Waals surface area contributed by atoms with Gasteiger partial charge in [-0.3, -0.25) is 4.57 Å². The minimum Gasteiger partial charge on any atom is -0.384 e. The normalized spacial score (nSPS) is 12.3. The molecular weight excluding hydrogens is 224 g/mol. The molecule has 1 N–H and O–H groups in total. The fourth-order valence-electron chi connectivity index (χ4n) is 1.92. The second-order valence-corrected chi connectivity index (χ2v) is 4.65. The molecule has 2 aromatic rings. The number of nitrogens with one attached hydrogen (secondary N) is 1. The Morgan fingerprint density at radius 2 is 2.28 bits per heavy atom. The summed E-state index contributed by atoms with van der Waals surface area (Å²) in [5, 5.41) is 3.41. The van der Waals surface area contributed by atoms with Crippen LogP contribution in [0.15, 0.2) is 37.1 Å². The van der Waals surface area contributed by atoms with Crippen molar-refractivity contribution in [2.45, 2.75) is 26.7 Å². The molecule has 96 valence electrons. The van der Waals surface area contributed by atoms with E-state index in [4.69, 9.17) is 0 Å². The van der Waals surface area contributed by atoms with Crippen molar-refractivity contribution in [3.05, 3.63) is 37.1 Å². The third-order valence-electron chi connectivity index (χ3n) is 2.95. The van der Waals surface area contributed by atoms with Gasteiger partial charge >= 0.3 is 0 Å². The standard InChI is InChI=1S/C14H20N4/c1-3-4-12(2)9-16-13-5-6-14(17-10-13)18-8-7-15-11-18/h5-8,10-12,16H,3-4,9H2,1-2H3. The lowest BCUT2D eigenvalue weighted by Crippen LogP contribution is -2.11. The number of hydrogen-bond donors (Lipinski definition) is 1. The molecule has 2 rings (SSSR count). The van der Waals surface area contributed by atoms with E-state index < -0.39 is 0 Å². The fourth-order valence-corrected chi connectivity index (χ4v) is 1.92.